The van der Waals surface area contributed by atoms with Gasteiger partial charge in [0.15, 0.2) is 0 Å². The van der Waals surface area contributed by atoms with Crippen LogP contribution in [-0.4, -0.2) is 29.4 Å². The molecule has 0 aliphatic heterocycles. The van der Waals surface area contributed by atoms with Crippen molar-refractivity contribution in [1.82, 2.24) is 5.32 Å². The number of nitrogens with one attached hydrogen (secondary N) is 2. The molecule has 0 radical (unpaired) electrons. The van der Waals surface area contributed by atoms with E-state index < -0.39 is 11.8 Å². The van der Waals surface area contributed by atoms with Gasteiger partial charge < -0.3 is 10.6 Å². The fraction of sp³-hybridized carbons (Fsp3) is 0.467. The van der Waals surface area contributed by atoms with Gasteiger partial charge in [0.2, 0.25) is 0 Å². The first-order valence-corrected chi connectivity index (χ1v) is 8.19. The predicted octanol–water partition coefficient (Wildman–Crippen LogP) is 2.42. The molecule has 1 aliphatic carbocycles. The Balaban J connectivity index is 1.89. The summed E-state index contributed by atoms with van der Waals surface area (Å²) in [5.74, 6) is -1.14. The number of rotatable bonds is 3. The quantitative estimate of drug-likeness (QED) is 0.841. The molecule has 1 aromatic rings. The molecule has 2 rings (SSSR count). The van der Waals surface area contributed by atoms with Gasteiger partial charge >= 0.3 is 11.8 Å². The molecule has 108 valence electrons. The zero-order chi connectivity index (χ0) is 14.4. The Morgan fingerprint density at radius 2 is 1.80 bits per heavy atom. The number of anilines is 1. The molecule has 0 aromatic heterocycles. The zero-order valence-electron chi connectivity index (χ0n) is 11.6. The lowest BCUT2D eigenvalue weighted by atomic mass is 9.95. The SMILES string of the molecule is CS[C@H]1CCCC[C@H]1NC(=O)C(=O)Nc1ccccc1. The number of carbonyl (C=O) groups excluding carboxylic acids is 2. The third kappa shape index (κ3) is 4.00. The van der Waals surface area contributed by atoms with Crippen LogP contribution in [-0.2, 0) is 9.59 Å². The monoisotopic (exact) mass is 292 g/mol. The van der Waals surface area contributed by atoms with Gasteiger partial charge in [0.05, 0.1) is 0 Å². The van der Waals surface area contributed by atoms with E-state index in [1.54, 1.807) is 23.9 Å². The van der Waals surface area contributed by atoms with Crippen LogP contribution in [0.4, 0.5) is 5.69 Å². The van der Waals surface area contributed by atoms with Gasteiger partial charge in [-0.25, -0.2) is 0 Å². The normalized spacial score (nSPS) is 22.1. The Kier molecular flexibility index (Phi) is 5.47. The van der Waals surface area contributed by atoms with E-state index >= 15 is 0 Å². The molecule has 20 heavy (non-hydrogen) atoms. The minimum atomic E-state index is -0.596. The molecule has 1 aromatic carbocycles. The van der Waals surface area contributed by atoms with Crippen molar-refractivity contribution in [2.75, 3.05) is 11.6 Å². The van der Waals surface area contributed by atoms with Gasteiger partial charge in [-0.15, -0.1) is 0 Å². The molecule has 0 bridgehead atoms. The molecule has 0 saturated heterocycles. The van der Waals surface area contributed by atoms with Crippen LogP contribution >= 0.6 is 11.8 Å². The average molecular weight is 292 g/mol. The molecule has 4 nitrogen and oxygen atoms in total. The Morgan fingerprint density at radius 3 is 2.50 bits per heavy atom. The highest BCUT2D eigenvalue weighted by molar-refractivity contribution is 7.99. The van der Waals surface area contributed by atoms with Crippen LogP contribution in [0.5, 0.6) is 0 Å². The summed E-state index contributed by atoms with van der Waals surface area (Å²) in [7, 11) is 0. The number of benzene rings is 1. The van der Waals surface area contributed by atoms with E-state index in [0.29, 0.717) is 10.9 Å². The van der Waals surface area contributed by atoms with E-state index in [1.165, 1.54) is 6.42 Å². The average Bonchev–Trinajstić information content (AvgIpc) is 2.48. The summed E-state index contributed by atoms with van der Waals surface area (Å²) in [6.45, 7) is 0. The topological polar surface area (TPSA) is 58.2 Å². The van der Waals surface area contributed by atoms with Crippen molar-refractivity contribution >= 4 is 29.3 Å². The number of thioether (sulfide) groups is 1. The standard InChI is InChI=1S/C15H20N2O2S/c1-20-13-10-6-5-9-12(13)17-15(19)14(18)16-11-7-3-2-4-8-11/h2-4,7-8,12-13H,5-6,9-10H2,1H3,(H,16,18)(H,17,19)/t12-,13+/m1/s1. The Labute approximate surface area is 123 Å². The first-order valence-electron chi connectivity index (χ1n) is 6.90. The molecular weight excluding hydrogens is 272 g/mol. The molecule has 1 fully saturated rings. The minimum Gasteiger partial charge on any atom is -0.344 e. The van der Waals surface area contributed by atoms with Gasteiger partial charge in [0, 0.05) is 17.0 Å². The lowest BCUT2D eigenvalue weighted by molar-refractivity contribution is -0.136. The Bertz CT molecular complexity index is 464. The largest absolute Gasteiger partial charge is 0.344 e. The zero-order valence-corrected chi connectivity index (χ0v) is 12.4. The van der Waals surface area contributed by atoms with Crippen LogP contribution in [0.15, 0.2) is 30.3 Å². The maximum Gasteiger partial charge on any atom is 0.313 e. The first kappa shape index (κ1) is 14.9. The maximum absolute atomic E-state index is 11.9. The van der Waals surface area contributed by atoms with Crippen LogP contribution in [0, 0.1) is 0 Å². The van der Waals surface area contributed by atoms with E-state index in [9.17, 15) is 9.59 Å². The van der Waals surface area contributed by atoms with E-state index in [-0.39, 0.29) is 6.04 Å². The number of hydrogen-bond acceptors (Lipinski definition) is 3. The Hall–Kier alpha value is -1.49. The molecule has 2 N–H and O–H groups in total. The first-order chi connectivity index (χ1) is 9.70. The number of carbonyl (C=O) groups is 2. The molecule has 2 amide bonds. The second kappa shape index (κ2) is 7.33. The Morgan fingerprint density at radius 1 is 1.10 bits per heavy atom. The second-order valence-electron chi connectivity index (χ2n) is 4.96. The number of amides is 2. The van der Waals surface area contributed by atoms with Crippen LogP contribution in [0.3, 0.4) is 0 Å². The molecule has 2 atom stereocenters. The lowest BCUT2D eigenvalue weighted by Gasteiger charge is -2.30. The third-order valence-electron chi connectivity index (χ3n) is 3.56. The van der Waals surface area contributed by atoms with Gasteiger partial charge in [-0.05, 0) is 31.2 Å². The van der Waals surface area contributed by atoms with Crippen LogP contribution < -0.4 is 10.6 Å². The molecule has 5 heteroatoms. The second-order valence-corrected chi connectivity index (χ2v) is 6.04. The van der Waals surface area contributed by atoms with Crippen LogP contribution in [0.1, 0.15) is 25.7 Å². The summed E-state index contributed by atoms with van der Waals surface area (Å²) in [5.41, 5.74) is 0.637. The van der Waals surface area contributed by atoms with Crippen molar-refractivity contribution in [3.63, 3.8) is 0 Å². The van der Waals surface area contributed by atoms with E-state index in [1.807, 2.05) is 18.2 Å². The molecule has 0 unspecified atom stereocenters. The van der Waals surface area contributed by atoms with E-state index in [0.717, 1.165) is 19.3 Å². The molecule has 0 heterocycles. The van der Waals surface area contributed by atoms with Crippen molar-refractivity contribution in [2.24, 2.45) is 0 Å². The summed E-state index contributed by atoms with van der Waals surface area (Å²) in [6, 6.07) is 9.12. The summed E-state index contributed by atoms with van der Waals surface area (Å²) in [4.78, 5) is 23.8. The van der Waals surface area contributed by atoms with Crippen LogP contribution in [0.25, 0.3) is 0 Å². The minimum absolute atomic E-state index is 0.104. The predicted molar refractivity (Wildman–Crippen MR) is 82.8 cm³/mol. The molecule has 0 spiro atoms. The molecule has 1 saturated carbocycles. The van der Waals surface area contributed by atoms with Crippen molar-refractivity contribution in [1.29, 1.82) is 0 Å². The van der Waals surface area contributed by atoms with Crippen molar-refractivity contribution in [3.05, 3.63) is 30.3 Å². The van der Waals surface area contributed by atoms with Crippen molar-refractivity contribution in [3.8, 4) is 0 Å². The van der Waals surface area contributed by atoms with Crippen molar-refractivity contribution < 1.29 is 9.59 Å². The summed E-state index contributed by atoms with van der Waals surface area (Å²) < 4.78 is 0. The van der Waals surface area contributed by atoms with Gasteiger partial charge in [-0.3, -0.25) is 9.59 Å². The van der Waals surface area contributed by atoms with Crippen LogP contribution in [0.2, 0.25) is 0 Å². The third-order valence-corrected chi connectivity index (χ3v) is 4.73. The lowest BCUT2D eigenvalue weighted by Crippen LogP contribution is -2.47. The number of para-hydroxylation sites is 1. The van der Waals surface area contributed by atoms with Gasteiger partial charge in [-0.2, -0.15) is 11.8 Å². The van der Waals surface area contributed by atoms with Crippen molar-refractivity contribution in [2.45, 2.75) is 37.0 Å². The maximum atomic E-state index is 11.9. The van der Waals surface area contributed by atoms with E-state index in [4.69, 9.17) is 0 Å². The fourth-order valence-corrected chi connectivity index (χ4v) is 3.42. The summed E-state index contributed by atoms with van der Waals surface area (Å²) in [5, 5.41) is 5.89. The van der Waals surface area contributed by atoms with E-state index in [2.05, 4.69) is 16.9 Å². The highest BCUT2D eigenvalue weighted by Gasteiger charge is 2.27. The molecular formula is C15H20N2O2S. The van der Waals surface area contributed by atoms with Gasteiger partial charge in [-0.1, -0.05) is 31.0 Å². The summed E-state index contributed by atoms with van der Waals surface area (Å²) >= 11 is 1.77. The number of hydrogen-bond donors (Lipinski definition) is 2. The van der Waals surface area contributed by atoms with Gasteiger partial charge in [0.1, 0.15) is 0 Å². The summed E-state index contributed by atoms with van der Waals surface area (Å²) in [6.07, 6.45) is 6.43. The van der Waals surface area contributed by atoms with Gasteiger partial charge in [0.25, 0.3) is 0 Å². The highest BCUT2D eigenvalue weighted by atomic mass is 32.2. The fourth-order valence-electron chi connectivity index (χ4n) is 2.49. The smallest absolute Gasteiger partial charge is 0.313 e. The molecule has 1 aliphatic rings. The highest BCUT2D eigenvalue weighted by Crippen LogP contribution is 2.27.